The van der Waals surface area contributed by atoms with E-state index in [1.807, 2.05) is 11.6 Å². The lowest BCUT2D eigenvalue weighted by molar-refractivity contribution is 0.0722. The predicted octanol–water partition coefficient (Wildman–Crippen LogP) is 1.35. The highest BCUT2D eigenvalue weighted by atomic mass is 32.1. The summed E-state index contributed by atoms with van der Waals surface area (Å²) in [7, 11) is 1.67. The fourth-order valence-electron chi connectivity index (χ4n) is 0.780. The van der Waals surface area contributed by atoms with Gasteiger partial charge < -0.3 is 9.47 Å². The minimum Gasteiger partial charge on any atom is -0.382 e. The van der Waals surface area contributed by atoms with Gasteiger partial charge in [0.15, 0.2) is 0 Å². The fourth-order valence-corrected chi connectivity index (χ4v) is 1.38. The molecular formula is C8H13NO2S. The number of ether oxygens (including phenoxy) is 2. The standard InChI is InChI=1S/C8H13NO2S/c1-10-5-6-11-4-2-8-9-3-7-12-8/h3,7H,2,4-6H2,1H3. The second kappa shape index (κ2) is 6.11. The minimum absolute atomic E-state index is 0.665. The molecule has 1 rings (SSSR count). The Hall–Kier alpha value is -0.450. The molecule has 0 aliphatic carbocycles. The van der Waals surface area contributed by atoms with Gasteiger partial charge in [-0.25, -0.2) is 4.98 Å². The Labute approximate surface area is 76.3 Å². The highest BCUT2D eigenvalue weighted by Crippen LogP contribution is 2.04. The fraction of sp³-hybridized carbons (Fsp3) is 0.625. The third kappa shape index (κ3) is 3.80. The molecule has 68 valence electrons. The summed E-state index contributed by atoms with van der Waals surface area (Å²) in [5.74, 6) is 0. The molecule has 1 heterocycles. The van der Waals surface area contributed by atoms with Crippen LogP contribution in [0.4, 0.5) is 0 Å². The molecular weight excluding hydrogens is 174 g/mol. The van der Waals surface area contributed by atoms with Crippen molar-refractivity contribution in [1.82, 2.24) is 4.98 Å². The van der Waals surface area contributed by atoms with E-state index in [1.54, 1.807) is 18.4 Å². The van der Waals surface area contributed by atoms with Crippen LogP contribution in [0.15, 0.2) is 11.6 Å². The van der Waals surface area contributed by atoms with Crippen LogP contribution in [0, 0.1) is 0 Å². The van der Waals surface area contributed by atoms with Crippen LogP contribution in [0.25, 0.3) is 0 Å². The molecule has 1 aromatic rings. The van der Waals surface area contributed by atoms with Crippen molar-refractivity contribution in [2.45, 2.75) is 6.42 Å². The highest BCUT2D eigenvalue weighted by molar-refractivity contribution is 7.09. The summed E-state index contributed by atoms with van der Waals surface area (Å²) in [5.41, 5.74) is 0. The van der Waals surface area contributed by atoms with Gasteiger partial charge in [0.2, 0.25) is 0 Å². The highest BCUT2D eigenvalue weighted by Gasteiger charge is 1.94. The molecule has 0 bridgehead atoms. The Kier molecular flexibility index (Phi) is 4.91. The van der Waals surface area contributed by atoms with Crippen molar-refractivity contribution in [1.29, 1.82) is 0 Å². The molecule has 0 aromatic carbocycles. The minimum atomic E-state index is 0.665. The number of rotatable bonds is 6. The molecule has 0 unspecified atom stereocenters. The third-order valence-corrected chi connectivity index (χ3v) is 2.21. The van der Waals surface area contributed by atoms with Gasteiger partial charge in [0, 0.05) is 25.1 Å². The lowest BCUT2D eigenvalue weighted by Gasteiger charge is -2.00. The average Bonchev–Trinajstić information content (AvgIpc) is 2.57. The normalized spacial score (nSPS) is 10.4. The number of hydrogen-bond donors (Lipinski definition) is 0. The summed E-state index contributed by atoms with van der Waals surface area (Å²) >= 11 is 1.66. The number of hydrogen-bond acceptors (Lipinski definition) is 4. The van der Waals surface area contributed by atoms with Crippen molar-refractivity contribution in [2.24, 2.45) is 0 Å². The van der Waals surface area contributed by atoms with Crippen LogP contribution in [0.1, 0.15) is 5.01 Å². The predicted molar refractivity (Wildman–Crippen MR) is 48.5 cm³/mol. The molecule has 0 N–H and O–H groups in total. The van der Waals surface area contributed by atoms with Gasteiger partial charge in [-0.05, 0) is 0 Å². The van der Waals surface area contributed by atoms with Gasteiger partial charge in [0.05, 0.1) is 24.8 Å². The van der Waals surface area contributed by atoms with E-state index in [2.05, 4.69) is 4.98 Å². The van der Waals surface area contributed by atoms with Gasteiger partial charge in [0.1, 0.15) is 0 Å². The van der Waals surface area contributed by atoms with E-state index in [0.717, 1.165) is 18.0 Å². The van der Waals surface area contributed by atoms with Crippen molar-refractivity contribution in [3.8, 4) is 0 Å². The lowest BCUT2D eigenvalue weighted by atomic mass is 10.5. The average molecular weight is 187 g/mol. The van der Waals surface area contributed by atoms with Gasteiger partial charge in [-0.15, -0.1) is 11.3 Å². The first-order chi connectivity index (χ1) is 5.93. The number of nitrogens with zero attached hydrogens (tertiary/aromatic N) is 1. The van der Waals surface area contributed by atoms with Crippen molar-refractivity contribution in [2.75, 3.05) is 26.9 Å². The molecule has 0 saturated carbocycles. The molecule has 0 aliphatic heterocycles. The lowest BCUT2D eigenvalue weighted by Crippen LogP contribution is -2.04. The quantitative estimate of drug-likeness (QED) is 0.630. The van der Waals surface area contributed by atoms with Gasteiger partial charge in [-0.3, -0.25) is 0 Å². The van der Waals surface area contributed by atoms with E-state index < -0.39 is 0 Å². The molecule has 0 aliphatic rings. The first-order valence-corrected chi connectivity index (χ1v) is 4.76. The molecule has 0 fully saturated rings. The zero-order chi connectivity index (χ0) is 8.65. The summed E-state index contributed by atoms with van der Waals surface area (Å²) in [6, 6.07) is 0. The summed E-state index contributed by atoms with van der Waals surface area (Å²) in [6.45, 7) is 2.07. The summed E-state index contributed by atoms with van der Waals surface area (Å²) in [5, 5.41) is 3.11. The Morgan fingerprint density at radius 1 is 1.42 bits per heavy atom. The molecule has 1 aromatic heterocycles. The zero-order valence-electron chi connectivity index (χ0n) is 7.16. The summed E-state index contributed by atoms with van der Waals surface area (Å²) in [6.07, 6.45) is 2.72. The van der Waals surface area contributed by atoms with Crippen molar-refractivity contribution in [3.63, 3.8) is 0 Å². The van der Waals surface area contributed by atoms with E-state index in [4.69, 9.17) is 9.47 Å². The summed E-state index contributed by atoms with van der Waals surface area (Å²) in [4.78, 5) is 4.14. The topological polar surface area (TPSA) is 31.4 Å². The monoisotopic (exact) mass is 187 g/mol. The van der Waals surface area contributed by atoms with Crippen LogP contribution < -0.4 is 0 Å². The molecule has 0 spiro atoms. The maximum Gasteiger partial charge on any atom is 0.0947 e. The van der Waals surface area contributed by atoms with E-state index in [1.165, 1.54) is 0 Å². The maximum atomic E-state index is 5.29. The maximum absolute atomic E-state index is 5.29. The van der Waals surface area contributed by atoms with E-state index in [0.29, 0.717) is 13.2 Å². The third-order valence-electron chi connectivity index (χ3n) is 1.38. The SMILES string of the molecule is COCCOCCc1nccs1. The van der Waals surface area contributed by atoms with Gasteiger partial charge >= 0.3 is 0 Å². The van der Waals surface area contributed by atoms with Crippen LogP contribution in [0.5, 0.6) is 0 Å². The van der Waals surface area contributed by atoms with Crippen molar-refractivity contribution < 1.29 is 9.47 Å². The van der Waals surface area contributed by atoms with Crippen molar-refractivity contribution >= 4 is 11.3 Å². The van der Waals surface area contributed by atoms with Gasteiger partial charge in [-0.2, -0.15) is 0 Å². The first kappa shape index (κ1) is 9.64. The number of methoxy groups -OCH3 is 1. The van der Waals surface area contributed by atoms with Gasteiger partial charge in [0.25, 0.3) is 0 Å². The molecule has 0 atom stereocenters. The largest absolute Gasteiger partial charge is 0.382 e. The molecule has 0 radical (unpaired) electrons. The molecule has 3 nitrogen and oxygen atoms in total. The Morgan fingerprint density at radius 2 is 2.33 bits per heavy atom. The first-order valence-electron chi connectivity index (χ1n) is 3.88. The number of aromatic nitrogens is 1. The van der Waals surface area contributed by atoms with Crippen LogP contribution in [-0.4, -0.2) is 31.9 Å². The Balaban J connectivity index is 1.96. The van der Waals surface area contributed by atoms with Crippen LogP contribution in [0.2, 0.25) is 0 Å². The molecule has 0 saturated heterocycles. The molecule has 4 heteroatoms. The second-order valence-electron chi connectivity index (χ2n) is 2.28. The summed E-state index contributed by atoms with van der Waals surface area (Å²) < 4.78 is 10.1. The second-order valence-corrected chi connectivity index (χ2v) is 3.26. The van der Waals surface area contributed by atoms with E-state index >= 15 is 0 Å². The molecule has 12 heavy (non-hydrogen) atoms. The molecule has 0 amide bonds. The van der Waals surface area contributed by atoms with Crippen LogP contribution in [-0.2, 0) is 15.9 Å². The number of thiazole rings is 1. The van der Waals surface area contributed by atoms with Crippen molar-refractivity contribution in [3.05, 3.63) is 16.6 Å². The smallest absolute Gasteiger partial charge is 0.0947 e. The zero-order valence-corrected chi connectivity index (χ0v) is 7.97. The van der Waals surface area contributed by atoms with Crippen LogP contribution in [0.3, 0.4) is 0 Å². The van der Waals surface area contributed by atoms with Gasteiger partial charge in [-0.1, -0.05) is 0 Å². The van der Waals surface area contributed by atoms with E-state index in [-0.39, 0.29) is 0 Å². The Morgan fingerprint density at radius 3 is 3.00 bits per heavy atom. The van der Waals surface area contributed by atoms with E-state index in [9.17, 15) is 0 Å². The van der Waals surface area contributed by atoms with Crippen LogP contribution >= 0.6 is 11.3 Å². The Bertz CT molecular complexity index is 189.